The molecule has 0 unspecified atom stereocenters. The number of carbonyl (C=O) groups excluding carboxylic acids is 1. The van der Waals surface area contributed by atoms with Crippen LogP contribution in [-0.2, 0) is 16.6 Å². The Morgan fingerprint density at radius 1 is 1.07 bits per heavy atom. The van der Waals surface area contributed by atoms with E-state index in [1.807, 2.05) is 25.1 Å². The lowest BCUT2D eigenvalue weighted by Gasteiger charge is -2.23. The van der Waals surface area contributed by atoms with Crippen molar-refractivity contribution in [3.8, 4) is 0 Å². The van der Waals surface area contributed by atoms with Crippen LogP contribution in [0.3, 0.4) is 0 Å². The second-order valence-corrected chi connectivity index (χ2v) is 8.41. The number of aromatic nitrogens is 1. The van der Waals surface area contributed by atoms with E-state index in [-0.39, 0.29) is 12.5 Å². The van der Waals surface area contributed by atoms with Crippen molar-refractivity contribution in [3.63, 3.8) is 0 Å². The number of nitrogens with one attached hydrogen (secondary N) is 1. The van der Waals surface area contributed by atoms with Gasteiger partial charge in [0.15, 0.2) is 0 Å². The topological polar surface area (TPSA) is 79.4 Å². The van der Waals surface area contributed by atoms with Crippen LogP contribution in [0.2, 0.25) is 0 Å². The van der Waals surface area contributed by atoms with E-state index in [9.17, 15) is 13.2 Å². The van der Waals surface area contributed by atoms with E-state index < -0.39 is 10.0 Å². The molecule has 1 heterocycles. The quantitative estimate of drug-likeness (QED) is 0.691. The van der Waals surface area contributed by atoms with Crippen molar-refractivity contribution in [1.29, 1.82) is 0 Å². The summed E-state index contributed by atoms with van der Waals surface area (Å²) in [6.45, 7) is 2.10. The fraction of sp³-hybridized carbons (Fsp3) is 0.143. The molecule has 0 atom stereocenters. The summed E-state index contributed by atoms with van der Waals surface area (Å²) in [4.78, 5) is 16.3. The van der Waals surface area contributed by atoms with Crippen LogP contribution in [0, 0.1) is 6.92 Å². The summed E-state index contributed by atoms with van der Waals surface area (Å²) in [6, 6.07) is 17.7. The molecule has 0 aliphatic rings. The Morgan fingerprint density at radius 2 is 1.82 bits per heavy atom. The largest absolute Gasteiger partial charge is 0.321 e. The Hall–Kier alpha value is -3.19. The van der Waals surface area contributed by atoms with Gasteiger partial charge in [0.1, 0.15) is 0 Å². The molecular weight excluding hydrogens is 374 g/mol. The monoisotopic (exact) mass is 395 g/mol. The van der Waals surface area contributed by atoms with Crippen molar-refractivity contribution in [1.82, 2.24) is 4.98 Å². The number of carbonyl (C=O) groups is 1. The highest BCUT2D eigenvalue weighted by Gasteiger charge is 2.18. The molecule has 0 fully saturated rings. The molecule has 7 heteroatoms. The van der Waals surface area contributed by atoms with Gasteiger partial charge in [-0.3, -0.25) is 14.1 Å². The number of pyridine rings is 1. The third kappa shape index (κ3) is 4.95. The molecule has 0 aliphatic carbocycles. The third-order valence-corrected chi connectivity index (χ3v) is 5.29. The molecule has 1 amide bonds. The molecule has 6 nitrogen and oxygen atoms in total. The lowest BCUT2D eigenvalue weighted by Crippen LogP contribution is -2.29. The van der Waals surface area contributed by atoms with E-state index in [0.29, 0.717) is 16.9 Å². The molecule has 0 saturated heterocycles. The van der Waals surface area contributed by atoms with Gasteiger partial charge in [0.25, 0.3) is 5.91 Å². The van der Waals surface area contributed by atoms with E-state index >= 15 is 0 Å². The molecule has 0 bridgehead atoms. The Kier molecular flexibility index (Phi) is 5.75. The minimum absolute atomic E-state index is 0.187. The van der Waals surface area contributed by atoms with Crippen LogP contribution in [0.25, 0.3) is 0 Å². The number of hydrogen-bond donors (Lipinski definition) is 1. The van der Waals surface area contributed by atoms with Crippen LogP contribution in [0.15, 0.2) is 73.1 Å². The van der Waals surface area contributed by atoms with Gasteiger partial charge < -0.3 is 5.32 Å². The molecule has 0 spiro atoms. The number of amides is 1. The molecule has 28 heavy (non-hydrogen) atoms. The smallest absolute Gasteiger partial charge is 0.255 e. The highest BCUT2D eigenvalue weighted by Crippen LogP contribution is 2.22. The molecule has 2 aromatic carbocycles. The zero-order valence-corrected chi connectivity index (χ0v) is 16.5. The van der Waals surface area contributed by atoms with Gasteiger partial charge in [-0.1, -0.05) is 24.3 Å². The van der Waals surface area contributed by atoms with E-state index in [2.05, 4.69) is 10.3 Å². The fourth-order valence-corrected chi connectivity index (χ4v) is 3.63. The van der Waals surface area contributed by atoms with Gasteiger partial charge >= 0.3 is 0 Å². The van der Waals surface area contributed by atoms with Gasteiger partial charge in [-0.2, -0.15) is 0 Å². The van der Waals surface area contributed by atoms with Gasteiger partial charge in [0.2, 0.25) is 10.0 Å². The maximum absolute atomic E-state index is 12.3. The van der Waals surface area contributed by atoms with Crippen LogP contribution in [-0.4, -0.2) is 25.6 Å². The molecule has 3 rings (SSSR count). The second-order valence-electron chi connectivity index (χ2n) is 6.50. The van der Waals surface area contributed by atoms with Crippen molar-refractivity contribution in [3.05, 3.63) is 89.7 Å². The number of rotatable bonds is 6. The predicted molar refractivity (Wildman–Crippen MR) is 111 cm³/mol. The van der Waals surface area contributed by atoms with Gasteiger partial charge in [0.05, 0.1) is 30.4 Å². The Labute approximate surface area is 164 Å². The van der Waals surface area contributed by atoms with Crippen LogP contribution >= 0.6 is 0 Å². The van der Waals surface area contributed by atoms with Crippen LogP contribution in [0.1, 0.15) is 21.5 Å². The van der Waals surface area contributed by atoms with Crippen molar-refractivity contribution in [2.75, 3.05) is 15.9 Å². The summed E-state index contributed by atoms with van der Waals surface area (Å²) < 4.78 is 25.9. The summed E-state index contributed by atoms with van der Waals surface area (Å²) in [5.74, 6) is -0.252. The highest BCUT2D eigenvalue weighted by atomic mass is 32.2. The van der Waals surface area contributed by atoms with E-state index in [1.54, 1.807) is 54.9 Å². The van der Waals surface area contributed by atoms with Crippen LogP contribution in [0.5, 0.6) is 0 Å². The van der Waals surface area contributed by atoms with Gasteiger partial charge in [-0.15, -0.1) is 0 Å². The Balaban J connectivity index is 1.77. The second kappa shape index (κ2) is 8.22. The van der Waals surface area contributed by atoms with Crippen molar-refractivity contribution in [2.24, 2.45) is 0 Å². The molecule has 0 aliphatic heterocycles. The summed E-state index contributed by atoms with van der Waals surface area (Å²) >= 11 is 0. The molecular formula is C21H21N3O3S. The zero-order chi connectivity index (χ0) is 20.1. The minimum atomic E-state index is -3.45. The first-order valence-electron chi connectivity index (χ1n) is 8.67. The predicted octanol–water partition coefficient (Wildman–Crippen LogP) is 3.61. The zero-order valence-electron chi connectivity index (χ0n) is 15.7. The average molecular weight is 395 g/mol. The first-order valence-corrected chi connectivity index (χ1v) is 10.5. The molecule has 1 aromatic heterocycles. The maximum atomic E-state index is 12.3. The summed E-state index contributed by atoms with van der Waals surface area (Å²) in [5.41, 5.74) is 3.47. The Bertz CT molecular complexity index is 1070. The number of anilines is 2. The van der Waals surface area contributed by atoms with Crippen molar-refractivity contribution >= 4 is 27.3 Å². The summed E-state index contributed by atoms with van der Waals surface area (Å²) in [7, 11) is -3.45. The van der Waals surface area contributed by atoms with E-state index in [0.717, 1.165) is 11.1 Å². The van der Waals surface area contributed by atoms with Crippen LogP contribution < -0.4 is 9.62 Å². The number of hydrogen-bond acceptors (Lipinski definition) is 4. The number of sulfonamides is 1. The average Bonchev–Trinajstić information content (AvgIpc) is 2.66. The molecule has 0 radical (unpaired) electrons. The first kappa shape index (κ1) is 19.6. The summed E-state index contributed by atoms with van der Waals surface area (Å²) in [5, 5.41) is 2.77. The fourth-order valence-electron chi connectivity index (χ4n) is 2.75. The summed E-state index contributed by atoms with van der Waals surface area (Å²) in [6.07, 6.45) is 4.38. The lowest BCUT2D eigenvalue weighted by molar-refractivity contribution is 0.102. The third-order valence-electron chi connectivity index (χ3n) is 4.15. The number of benzene rings is 2. The van der Waals surface area contributed by atoms with Gasteiger partial charge in [-0.25, -0.2) is 8.42 Å². The molecule has 144 valence electrons. The Morgan fingerprint density at radius 3 is 2.43 bits per heavy atom. The van der Waals surface area contributed by atoms with Crippen LogP contribution in [0.4, 0.5) is 11.4 Å². The first-order chi connectivity index (χ1) is 13.3. The molecule has 0 saturated carbocycles. The minimum Gasteiger partial charge on any atom is -0.321 e. The number of aryl methyl sites for hydroxylation is 1. The standard InChI is InChI=1S/C21H21N3O3S/c1-16-5-3-7-20(13-16)24(28(2,26)27)15-17-8-10-18(11-9-17)21(25)23-19-6-4-12-22-14-19/h3-14H,15H2,1-2H3,(H,23,25). The maximum Gasteiger partial charge on any atom is 0.255 e. The van der Waals surface area contributed by atoms with Gasteiger partial charge in [-0.05, 0) is 54.4 Å². The lowest BCUT2D eigenvalue weighted by atomic mass is 10.1. The highest BCUT2D eigenvalue weighted by molar-refractivity contribution is 7.92. The van der Waals surface area contributed by atoms with Crippen molar-refractivity contribution in [2.45, 2.75) is 13.5 Å². The number of nitrogens with zero attached hydrogens (tertiary/aromatic N) is 2. The SMILES string of the molecule is Cc1cccc(N(Cc2ccc(C(=O)Nc3cccnc3)cc2)S(C)(=O)=O)c1. The molecule has 3 aromatic rings. The van der Waals surface area contributed by atoms with E-state index in [1.165, 1.54) is 10.6 Å². The van der Waals surface area contributed by atoms with Crippen molar-refractivity contribution < 1.29 is 13.2 Å². The van der Waals surface area contributed by atoms with E-state index in [4.69, 9.17) is 0 Å². The molecule has 1 N–H and O–H groups in total. The van der Waals surface area contributed by atoms with Gasteiger partial charge in [0, 0.05) is 11.8 Å². The normalized spacial score (nSPS) is 11.1.